The molecule has 1 N–H and O–H groups in total. The number of fused-ring (bicyclic) bond motifs is 1. The van der Waals surface area contributed by atoms with Crippen LogP contribution in [0.5, 0.6) is 5.75 Å². The van der Waals surface area contributed by atoms with Gasteiger partial charge in [-0.2, -0.15) is 0 Å². The number of aromatic nitrogens is 2. The smallest absolute Gasteiger partial charge is 0.271 e. The summed E-state index contributed by atoms with van der Waals surface area (Å²) < 4.78 is 11.0. The quantitative estimate of drug-likeness (QED) is 0.225. The summed E-state index contributed by atoms with van der Waals surface area (Å²) in [6.45, 7) is 5.94. The molecule has 1 amide bonds. The molecule has 0 saturated carbocycles. The van der Waals surface area contributed by atoms with E-state index in [0.717, 1.165) is 28.2 Å². The molecular weight excluding hydrogens is 671 g/mol. The molecule has 0 spiro atoms. The van der Waals surface area contributed by atoms with Gasteiger partial charge < -0.3 is 14.6 Å². The number of halogens is 1. The van der Waals surface area contributed by atoms with Crippen molar-refractivity contribution < 1.29 is 9.53 Å². The number of amides is 1. The van der Waals surface area contributed by atoms with Crippen LogP contribution < -0.4 is 24.9 Å². The van der Waals surface area contributed by atoms with Crippen LogP contribution in [0.3, 0.4) is 0 Å². The van der Waals surface area contributed by atoms with Crippen molar-refractivity contribution in [1.82, 2.24) is 9.13 Å². The maximum Gasteiger partial charge on any atom is 0.271 e. The van der Waals surface area contributed by atoms with E-state index in [2.05, 4.69) is 76.7 Å². The fraction of sp³-hybridized carbons (Fsp3) is 0.147. The lowest BCUT2D eigenvalue weighted by Gasteiger charge is -2.25. The molecule has 0 radical (unpaired) electrons. The Bertz CT molecular complexity index is 2070. The van der Waals surface area contributed by atoms with Gasteiger partial charge in [-0.3, -0.25) is 14.2 Å². The van der Waals surface area contributed by atoms with Crippen molar-refractivity contribution in [3.63, 3.8) is 0 Å². The first-order valence-electron chi connectivity index (χ1n) is 13.7. The molecule has 0 bridgehead atoms. The summed E-state index contributed by atoms with van der Waals surface area (Å²) in [5, 5.41) is 2.99. The number of aryl methyl sites for hydroxylation is 1. The van der Waals surface area contributed by atoms with Gasteiger partial charge in [0.2, 0.25) is 0 Å². The fourth-order valence-electron chi connectivity index (χ4n) is 5.52. The Labute approximate surface area is 266 Å². The number of hydrogen-bond donors (Lipinski definition) is 1. The Hall–Kier alpha value is -4.22. The number of carbonyl (C=O) groups is 1. The molecule has 0 fully saturated rings. The number of nitrogens with one attached hydrogen (secondary N) is 1. The van der Waals surface area contributed by atoms with E-state index in [-0.39, 0.29) is 11.5 Å². The topological polar surface area (TPSA) is 77.6 Å². The number of benzene rings is 3. The van der Waals surface area contributed by atoms with Crippen molar-refractivity contribution in [3.05, 3.63) is 142 Å². The van der Waals surface area contributed by atoms with E-state index >= 15 is 0 Å². The third kappa shape index (κ3) is 5.50. The van der Waals surface area contributed by atoms with Gasteiger partial charge in [-0.25, -0.2) is 4.99 Å². The van der Waals surface area contributed by atoms with E-state index in [9.17, 15) is 9.59 Å². The van der Waals surface area contributed by atoms with Crippen LogP contribution in [-0.2, 0) is 4.79 Å². The number of methoxy groups -OCH3 is 1. The van der Waals surface area contributed by atoms with Crippen molar-refractivity contribution >= 4 is 51.6 Å². The Morgan fingerprint density at radius 2 is 1.74 bits per heavy atom. The predicted octanol–water partition coefficient (Wildman–Crippen LogP) is 5.89. The van der Waals surface area contributed by atoms with E-state index in [0.29, 0.717) is 32.0 Å². The molecule has 0 unspecified atom stereocenters. The molecular formula is C34H29IN4O3S. The summed E-state index contributed by atoms with van der Waals surface area (Å²) in [5.74, 6) is 0.329. The standard InChI is InChI=1S/C34H29IN4O3S/c1-20-17-24(22(3)38(20)27-15-13-25(35)14-16-27)19-29-33(41)39-31(23-9-8-12-28(18-23)42-4)30(21(2)36-34(39)43-29)32(40)37-26-10-6-5-7-11-26/h5-19,31H,1-4H3,(H,37,40)/b29-19-/t31-/m0/s1. The van der Waals surface area contributed by atoms with Crippen LogP contribution in [0.4, 0.5) is 5.69 Å². The molecule has 216 valence electrons. The van der Waals surface area contributed by atoms with E-state index in [1.54, 1.807) is 11.7 Å². The molecule has 9 heteroatoms. The molecule has 3 aromatic carbocycles. The van der Waals surface area contributed by atoms with Crippen LogP contribution in [-0.4, -0.2) is 22.2 Å². The van der Waals surface area contributed by atoms with Crippen LogP contribution in [0.15, 0.2) is 106 Å². The third-order valence-corrected chi connectivity index (χ3v) is 9.25. The zero-order chi connectivity index (χ0) is 30.2. The van der Waals surface area contributed by atoms with E-state index in [1.165, 1.54) is 14.9 Å². The lowest BCUT2D eigenvalue weighted by Crippen LogP contribution is -2.40. The molecule has 3 heterocycles. The molecule has 5 aromatic rings. The maximum atomic E-state index is 14.2. The van der Waals surface area contributed by atoms with Crippen molar-refractivity contribution in [2.24, 2.45) is 4.99 Å². The first kappa shape index (κ1) is 28.9. The number of para-hydroxylation sites is 1. The second-order valence-corrected chi connectivity index (χ2v) is 12.6. The van der Waals surface area contributed by atoms with Crippen molar-refractivity contribution in [3.8, 4) is 11.4 Å². The first-order valence-corrected chi connectivity index (χ1v) is 15.6. The molecule has 1 aliphatic rings. The minimum Gasteiger partial charge on any atom is -0.497 e. The Kier molecular flexibility index (Phi) is 7.93. The van der Waals surface area contributed by atoms with Crippen LogP contribution in [0.2, 0.25) is 0 Å². The number of rotatable bonds is 6. The summed E-state index contributed by atoms with van der Waals surface area (Å²) in [6, 6.07) is 26.5. The lowest BCUT2D eigenvalue weighted by atomic mass is 9.95. The summed E-state index contributed by atoms with van der Waals surface area (Å²) in [4.78, 5) is 33.3. The highest BCUT2D eigenvalue weighted by Gasteiger charge is 2.33. The lowest BCUT2D eigenvalue weighted by molar-refractivity contribution is -0.113. The predicted molar refractivity (Wildman–Crippen MR) is 180 cm³/mol. The maximum absolute atomic E-state index is 14.2. The second kappa shape index (κ2) is 11.8. The first-order chi connectivity index (χ1) is 20.7. The second-order valence-electron chi connectivity index (χ2n) is 10.3. The monoisotopic (exact) mass is 700 g/mol. The number of thiazole rings is 1. The highest BCUT2D eigenvalue weighted by Crippen LogP contribution is 2.32. The summed E-state index contributed by atoms with van der Waals surface area (Å²) in [7, 11) is 1.60. The molecule has 1 atom stereocenters. The molecule has 43 heavy (non-hydrogen) atoms. The number of anilines is 1. The van der Waals surface area contributed by atoms with Crippen molar-refractivity contribution in [2.45, 2.75) is 26.8 Å². The van der Waals surface area contributed by atoms with Crippen LogP contribution >= 0.6 is 33.9 Å². The van der Waals surface area contributed by atoms with Gasteiger partial charge in [-0.1, -0.05) is 41.7 Å². The highest BCUT2D eigenvalue weighted by molar-refractivity contribution is 14.1. The number of nitrogens with zero attached hydrogens (tertiary/aromatic N) is 3. The van der Waals surface area contributed by atoms with Crippen LogP contribution in [0.1, 0.15) is 35.5 Å². The van der Waals surface area contributed by atoms with Gasteiger partial charge in [0.15, 0.2) is 4.80 Å². The zero-order valence-corrected chi connectivity index (χ0v) is 27.1. The zero-order valence-electron chi connectivity index (χ0n) is 24.1. The Morgan fingerprint density at radius 1 is 1.00 bits per heavy atom. The molecule has 2 aromatic heterocycles. The fourth-order valence-corrected chi connectivity index (χ4v) is 6.92. The van der Waals surface area contributed by atoms with Gasteiger partial charge in [0, 0.05) is 26.3 Å². The van der Waals surface area contributed by atoms with Gasteiger partial charge in [0.1, 0.15) is 5.75 Å². The van der Waals surface area contributed by atoms with Gasteiger partial charge >= 0.3 is 0 Å². The molecule has 6 rings (SSSR count). The van der Waals surface area contributed by atoms with E-state index in [4.69, 9.17) is 9.73 Å². The molecule has 0 saturated heterocycles. The number of ether oxygens (including phenoxy) is 1. The van der Waals surface area contributed by atoms with Gasteiger partial charge in [0.25, 0.3) is 11.5 Å². The summed E-state index contributed by atoms with van der Waals surface area (Å²) in [5.41, 5.74) is 6.33. The van der Waals surface area contributed by atoms with Crippen molar-refractivity contribution in [2.75, 3.05) is 12.4 Å². The molecule has 7 nitrogen and oxygen atoms in total. The van der Waals surface area contributed by atoms with Gasteiger partial charge in [-0.05, 0) is 115 Å². The average molecular weight is 701 g/mol. The molecule has 1 aliphatic heterocycles. The normalized spacial score (nSPS) is 14.8. The van der Waals surface area contributed by atoms with Gasteiger partial charge in [-0.15, -0.1) is 0 Å². The van der Waals surface area contributed by atoms with Crippen LogP contribution in [0, 0.1) is 17.4 Å². The van der Waals surface area contributed by atoms with Crippen LogP contribution in [0.25, 0.3) is 11.8 Å². The SMILES string of the molecule is COc1cccc([C@H]2C(C(=O)Nc3ccccc3)=C(C)N=c3s/c(=C\c4cc(C)n(-c5ccc(I)cc5)c4C)c(=O)n32)c1. The number of allylic oxidation sites excluding steroid dienone is 1. The number of hydrogen-bond acceptors (Lipinski definition) is 5. The summed E-state index contributed by atoms with van der Waals surface area (Å²) in [6.07, 6.45) is 1.93. The third-order valence-electron chi connectivity index (χ3n) is 7.55. The largest absolute Gasteiger partial charge is 0.497 e. The minimum absolute atomic E-state index is 0.201. The highest BCUT2D eigenvalue weighted by atomic mass is 127. The van der Waals surface area contributed by atoms with E-state index < -0.39 is 6.04 Å². The number of carbonyl (C=O) groups excluding carboxylic acids is 1. The molecule has 0 aliphatic carbocycles. The average Bonchev–Trinajstić information content (AvgIpc) is 3.46. The Morgan fingerprint density at radius 3 is 2.47 bits per heavy atom. The summed E-state index contributed by atoms with van der Waals surface area (Å²) >= 11 is 3.63. The minimum atomic E-state index is -0.684. The van der Waals surface area contributed by atoms with Crippen molar-refractivity contribution in [1.29, 1.82) is 0 Å². The van der Waals surface area contributed by atoms with Gasteiger partial charge in [0.05, 0.1) is 29.0 Å². The Balaban J connectivity index is 1.50. The van der Waals surface area contributed by atoms with E-state index in [1.807, 2.05) is 67.6 Å².